The smallest absolute Gasteiger partial charge is 0.273 e. The van der Waals surface area contributed by atoms with Gasteiger partial charge in [0.25, 0.3) is 5.91 Å². The Morgan fingerprint density at radius 1 is 1.28 bits per heavy atom. The van der Waals surface area contributed by atoms with Crippen LogP contribution in [-0.2, 0) is 13.0 Å². The molecule has 3 rings (SSSR count). The standard InChI is InChI=1S/C19H25N3OS.ClH/c1-14-2-4-15(5-3-14)6-7-16-8-10-22(11-9-16)19(23)17-13-24-18(12-20)21-17;/h2-5,13,16H,6-12,20H2,1H3;1H. The van der Waals surface area contributed by atoms with E-state index >= 15 is 0 Å². The SMILES string of the molecule is Cc1ccc(CCC2CCN(C(=O)c3csc(CN)n3)CC2)cc1.Cl. The summed E-state index contributed by atoms with van der Waals surface area (Å²) in [4.78, 5) is 18.7. The van der Waals surface area contributed by atoms with Gasteiger partial charge in [0.1, 0.15) is 10.7 Å². The topological polar surface area (TPSA) is 59.2 Å². The van der Waals surface area contributed by atoms with Gasteiger partial charge in [0.15, 0.2) is 0 Å². The molecule has 0 radical (unpaired) electrons. The molecule has 0 atom stereocenters. The normalized spacial score (nSPS) is 15.0. The molecule has 1 amide bonds. The Labute approximate surface area is 159 Å². The highest BCUT2D eigenvalue weighted by Crippen LogP contribution is 2.24. The second-order valence-electron chi connectivity index (χ2n) is 6.59. The van der Waals surface area contributed by atoms with Crippen molar-refractivity contribution in [3.05, 3.63) is 51.5 Å². The predicted octanol–water partition coefficient (Wildman–Crippen LogP) is 3.82. The van der Waals surface area contributed by atoms with Crippen LogP contribution in [-0.4, -0.2) is 28.9 Å². The zero-order valence-corrected chi connectivity index (χ0v) is 16.2. The minimum atomic E-state index is 0. The number of aromatic nitrogens is 1. The van der Waals surface area contributed by atoms with Gasteiger partial charge in [-0.1, -0.05) is 29.8 Å². The van der Waals surface area contributed by atoms with Crippen molar-refractivity contribution in [3.63, 3.8) is 0 Å². The fourth-order valence-electron chi connectivity index (χ4n) is 3.22. The number of aryl methyl sites for hydroxylation is 2. The number of piperidine rings is 1. The summed E-state index contributed by atoms with van der Waals surface area (Å²) in [6.07, 6.45) is 4.51. The van der Waals surface area contributed by atoms with E-state index in [1.807, 2.05) is 10.3 Å². The van der Waals surface area contributed by atoms with Crippen molar-refractivity contribution in [2.24, 2.45) is 11.7 Å². The Morgan fingerprint density at radius 2 is 1.96 bits per heavy atom. The lowest BCUT2D eigenvalue weighted by Crippen LogP contribution is -2.38. The van der Waals surface area contributed by atoms with Gasteiger partial charge in [-0.2, -0.15) is 0 Å². The lowest BCUT2D eigenvalue weighted by atomic mass is 9.90. The first kappa shape index (κ1) is 19.9. The number of carbonyl (C=O) groups excluding carboxylic acids is 1. The molecule has 1 aliphatic rings. The Hall–Kier alpha value is -1.43. The average molecular weight is 380 g/mol. The van der Waals surface area contributed by atoms with Gasteiger partial charge in [-0.05, 0) is 44.1 Å². The van der Waals surface area contributed by atoms with Crippen LogP contribution in [0.15, 0.2) is 29.6 Å². The number of benzene rings is 1. The van der Waals surface area contributed by atoms with E-state index in [1.165, 1.54) is 28.9 Å². The summed E-state index contributed by atoms with van der Waals surface area (Å²) in [6, 6.07) is 8.82. The van der Waals surface area contributed by atoms with Crippen LogP contribution >= 0.6 is 23.7 Å². The number of hydrogen-bond donors (Lipinski definition) is 1. The van der Waals surface area contributed by atoms with E-state index in [0.717, 1.165) is 37.4 Å². The first-order valence-corrected chi connectivity index (χ1v) is 9.53. The fraction of sp³-hybridized carbons (Fsp3) is 0.474. The number of halogens is 1. The van der Waals surface area contributed by atoms with Crippen LogP contribution in [0.4, 0.5) is 0 Å². The number of nitrogens with two attached hydrogens (primary N) is 1. The maximum Gasteiger partial charge on any atom is 0.273 e. The second kappa shape index (κ2) is 9.32. The number of hydrogen-bond acceptors (Lipinski definition) is 4. The lowest BCUT2D eigenvalue weighted by molar-refractivity contribution is 0.0681. The van der Waals surface area contributed by atoms with Crippen molar-refractivity contribution >= 4 is 29.7 Å². The van der Waals surface area contributed by atoms with Crippen LogP contribution in [0, 0.1) is 12.8 Å². The maximum absolute atomic E-state index is 12.5. The first-order valence-electron chi connectivity index (χ1n) is 8.65. The zero-order valence-electron chi connectivity index (χ0n) is 14.6. The van der Waals surface area contributed by atoms with E-state index in [9.17, 15) is 4.79 Å². The summed E-state index contributed by atoms with van der Waals surface area (Å²) < 4.78 is 0. The van der Waals surface area contributed by atoms with E-state index in [2.05, 4.69) is 36.2 Å². The molecule has 1 aliphatic heterocycles. The highest BCUT2D eigenvalue weighted by atomic mass is 35.5. The third-order valence-electron chi connectivity index (χ3n) is 4.81. The summed E-state index contributed by atoms with van der Waals surface area (Å²) >= 11 is 1.47. The van der Waals surface area contributed by atoms with Crippen molar-refractivity contribution in [3.8, 4) is 0 Å². The summed E-state index contributed by atoms with van der Waals surface area (Å²) in [5, 5.41) is 2.65. The molecule has 1 fully saturated rings. The molecule has 1 saturated heterocycles. The molecule has 0 spiro atoms. The van der Waals surface area contributed by atoms with Crippen molar-refractivity contribution in [2.45, 2.75) is 39.2 Å². The van der Waals surface area contributed by atoms with Gasteiger partial charge in [0, 0.05) is 25.0 Å². The molecule has 2 N–H and O–H groups in total. The van der Waals surface area contributed by atoms with Gasteiger partial charge in [0.2, 0.25) is 0 Å². The second-order valence-corrected chi connectivity index (χ2v) is 7.53. The number of nitrogens with zero attached hydrogens (tertiary/aromatic N) is 2. The molecule has 0 saturated carbocycles. The Morgan fingerprint density at radius 3 is 2.56 bits per heavy atom. The number of amides is 1. The minimum absolute atomic E-state index is 0. The highest BCUT2D eigenvalue weighted by molar-refractivity contribution is 7.09. The van der Waals surface area contributed by atoms with Gasteiger partial charge < -0.3 is 10.6 Å². The molecular weight excluding hydrogens is 354 g/mol. The minimum Gasteiger partial charge on any atom is -0.337 e. The number of thiazole rings is 1. The van der Waals surface area contributed by atoms with Gasteiger partial charge in [-0.3, -0.25) is 4.79 Å². The number of likely N-dealkylation sites (tertiary alicyclic amines) is 1. The van der Waals surface area contributed by atoms with Crippen molar-refractivity contribution in [2.75, 3.05) is 13.1 Å². The molecule has 0 aliphatic carbocycles. The highest BCUT2D eigenvalue weighted by Gasteiger charge is 2.24. The third-order valence-corrected chi connectivity index (χ3v) is 5.68. The quantitative estimate of drug-likeness (QED) is 0.859. The maximum atomic E-state index is 12.5. The van der Waals surface area contributed by atoms with E-state index in [1.54, 1.807) is 0 Å². The first-order chi connectivity index (χ1) is 11.7. The molecule has 136 valence electrons. The molecule has 1 aromatic carbocycles. The zero-order chi connectivity index (χ0) is 16.9. The summed E-state index contributed by atoms with van der Waals surface area (Å²) in [6.45, 7) is 4.20. The van der Waals surface area contributed by atoms with Crippen molar-refractivity contribution < 1.29 is 4.79 Å². The molecule has 6 heteroatoms. The fourth-order valence-corrected chi connectivity index (χ4v) is 3.86. The van der Waals surface area contributed by atoms with Crippen LogP contribution in [0.25, 0.3) is 0 Å². The van der Waals surface area contributed by atoms with Crippen molar-refractivity contribution in [1.29, 1.82) is 0 Å². The van der Waals surface area contributed by atoms with Crippen molar-refractivity contribution in [1.82, 2.24) is 9.88 Å². The van der Waals surface area contributed by atoms with Crippen LogP contribution in [0.3, 0.4) is 0 Å². The van der Waals surface area contributed by atoms with Crippen LogP contribution in [0.5, 0.6) is 0 Å². The third kappa shape index (κ3) is 5.27. The van der Waals surface area contributed by atoms with Gasteiger partial charge in [-0.25, -0.2) is 4.98 Å². The Bertz CT molecular complexity index is 678. The number of rotatable bonds is 5. The van der Waals surface area contributed by atoms with Crippen LogP contribution in [0.1, 0.15) is 45.9 Å². The molecule has 2 heterocycles. The molecular formula is C19H26ClN3OS. The Balaban J connectivity index is 0.00000225. The molecule has 0 bridgehead atoms. The average Bonchev–Trinajstić information content (AvgIpc) is 3.10. The molecule has 4 nitrogen and oxygen atoms in total. The Kier molecular flexibility index (Phi) is 7.41. The number of carbonyl (C=O) groups is 1. The van der Waals surface area contributed by atoms with Gasteiger partial charge in [-0.15, -0.1) is 23.7 Å². The summed E-state index contributed by atoms with van der Waals surface area (Å²) in [5.74, 6) is 0.772. The van der Waals surface area contributed by atoms with E-state index in [4.69, 9.17) is 5.73 Å². The molecule has 25 heavy (non-hydrogen) atoms. The molecule has 1 aromatic heterocycles. The molecule has 0 unspecified atom stereocenters. The predicted molar refractivity (Wildman–Crippen MR) is 105 cm³/mol. The largest absolute Gasteiger partial charge is 0.337 e. The summed E-state index contributed by atoms with van der Waals surface area (Å²) in [5.41, 5.74) is 8.85. The lowest BCUT2D eigenvalue weighted by Gasteiger charge is -2.31. The van der Waals surface area contributed by atoms with Crippen LogP contribution < -0.4 is 5.73 Å². The van der Waals surface area contributed by atoms with E-state index < -0.39 is 0 Å². The summed E-state index contributed by atoms with van der Waals surface area (Å²) in [7, 11) is 0. The van der Waals surface area contributed by atoms with Crippen LogP contribution in [0.2, 0.25) is 0 Å². The van der Waals surface area contributed by atoms with Gasteiger partial charge >= 0.3 is 0 Å². The van der Waals surface area contributed by atoms with E-state index in [-0.39, 0.29) is 18.3 Å². The monoisotopic (exact) mass is 379 g/mol. The molecule has 2 aromatic rings. The van der Waals surface area contributed by atoms with Gasteiger partial charge in [0.05, 0.1) is 0 Å². The van der Waals surface area contributed by atoms with E-state index in [0.29, 0.717) is 18.2 Å².